The molecular weight excluding hydrogens is 713 g/mol. The van der Waals surface area contributed by atoms with Crippen LogP contribution in [0.4, 0.5) is 4.79 Å². The summed E-state index contributed by atoms with van der Waals surface area (Å²) in [6.45, 7) is 0.204. The predicted molar refractivity (Wildman–Crippen MR) is 150 cm³/mol. The first-order valence-corrected chi connectivity index (χ1v) is 13.6. The van der Waals surface area contributed by atoms with Crippen LogP contribution in [0.5, 0.6) is 11.5 Å². The van der Waals surface area contributed by atoms with Gasteiger partial charge in [0.15, 0.2) is 11.5 Å². The molecule has 35 heavy (non-hydrogen) atoms. The first-order valence-electron chi connectivity index (χ1n) is 10.1. The lowest BCUT2D eigenvalue weighted by molar-refractivity contribution is -0.123. The van der Waals surface area contributed by atoms with Crippen LogP contribution in [0.2, 0.25) is 0 Å². The molecule has 0 aromatic heterocycles. The molecule has 3 aromatic carbocycles. The monoisotopic (exact) mass is 727 g/mol. The summed E-state index contributed by atoms with van der Waals surface area (Å²) in [5.41, 5.74) is 1.84. The fraction of sp³-hybridized carbons (Fsp3) is 0.0800. The van der Waals surface area contributed by atoms with E-state index < -0.39 is 5.97 Å². The Balaban J connectivity index is 1.57. The SMILES string of the molecule is COc1cc(/C=C2\SC(=O)N(Cc3ccc(I)cc3)C2=O)cc(Br)c1OC(=O)c1ccccc1Br. The first-order chi connectivity index (χ1) is 16.8. The number of halogens is 3. The van der Waals surface area contributed by atoms with E-state index in [1.165, 1.54) is 12.0 Å². The minimum atomic E-state index is -0.555. The van der Waals surface area contributed by atoms with Gasteiger partial charge in [0, 0.05) is 8.04 Å². The van der Waals surface area contributed by atoms with Crippen molar-refractivity contribution < 1.29 is 23.9 Å². The summed E-state index contributed by atoms with van der Waals surface area (Å²) in [5, 5.41) is -0.329. The number of hydrogen-bond acceptors (Lipinski definition) is 6. The Morgan fingerprint density at radius 1 is 1.06 bits per heavy atom. The van der Waals surface area contributed by atoms with Crippen LogP contribution in [0.3, 0.4) is 0 Å². The third kappa shape index (κ3) is 5.99. The molecule has 1 saturated heterocycles. The molecule has 0 radical (unpaired) electrons. The topological polar surface area (TPSA) is 72.9 Å². The van der Waals surface area contributed by atoms with Gasteiger partial charge in [0.1, 0.15) is 0 Å². The first kappa shape index (κ1) is 25.9. The second kappa shape index (κ2) is 11.3. The van der Waals surface area contributed by atoms with E-state index in [4.69, 9.17) is 9.47 Å². The average Bonchev–Trinajstić information content (AvgIpc) is 3.09. The maximum atomic E-state index is 12.9. The second-order valence-electron chi connectivity index (χ2n) is 7.30. The molecule has 1 aliphatic rings. The number of carbonyl (C=O) groups excluding carboxylic acids is 3. The van der Waals surface area contributed by atoms with Crippen molar-refractivity contribution in [2.24, 2.45) is 0 Å². The molecule has 0 aliphatic carbocycles. The minimum absolute atomic E-state index is 0.204. The molecule has 0 bridgehead atoms. The fourth-order valence-electron chi connectivity index (χ4n) is 3.26. The average molecular weight is 729 g/mol. The molecule has 178 valence electrons. The van der Waals surface area contributed by atoms with E-state index in [0.717, 1.165) is 20.9 Å². The van der Waals surface area contributed by atoms with Gasteiger partial charge in [-0.2, -0.15) is 0 Å². The molecule has 0 unspecified atom stereocenters. The number of esters is 1. The summed E-state index contributed by atoms with van der Waals surface area (Å²) >= 11 is 9.86. The standard InChI is InChI=1S/C25H16Br2INO5S/c1-33-20-11-15(10-19(27)22(20)34-24(31)17-4-2-3-5-18(17)26)12-21-23(30)29(25(32)35-21)13-14-6-8-16(28)9-7-14/h2-12H,13H2,1H3/b21-12-. The Hall–Kier alpha value is -2.15. The van der Waals surface area contributed by atoms with Crippen LogP contribution in [0, 0.1) is 3.57 Å². The molecule has 4 rings (SSSR count). The summed E-state index contributed by atoms with van der Waals surface area (Å²) < 4.78 is 13.2. The van der Waals surface area contributed by atoms with Crippen molar-refractivity contribution >= 4 is 89.4 Å². The molecule has 0 atom stereocenters. The second-order valence-corrected chi connectivity index (χ2v) is 11.2. The minimum Gasteiger partial charge on any atom is -0.493 e. The molecule has 1 aliphatic heterocycles. The number of hydrogen-bond donors (Lipinski definition) is 0. The van der Waals surface area contributed by atoms with E-state index in [-0.39, 0.29) is 23.4 Å². The Labute approximate surface area is 236 Å². The normalized spacial score (nSPS) is 14.5. The molecule has 0 saturated carbocycles. The zero-order valence-electron chi connectivity index (χ0n) is 18.1. The molecule has 2 amide bonds. The number of methoxy groups -OCH3 is 1. The number of benzene rings is 3. The summed E-state index contributed by atoms with van der Waals surface area (Å²) in [7, 11) is 1.45. The molecule has 3 aromatic rings. The lowest BCUT2D eigenvalue weighted by Crippen LogP contribution is -2.27. The Kier molecular flexibility index (Phi) is 8.35. The van der Waals surface area contributed by atoms with Gasteiger partial charge in [-0.3, -0.25) is 14.5 Å². The molecule has 0 spiro atoms. The maximum Gasteiger partial charge on any atom is 0.344 e. The lowest BCUT2D eigenvalue weighted by Gasteiger charge is -2.13. The maximum absolute atomic E-state index is 12.9. The van der Waals surface area contributed by atoms with Crippen molar-refractivity contribution in [3.63, 3.8) is 0 Å². The van der Waals surface area contributed by atoms with Crippen LogP contribution in [-0.2, 0) is 11.3 Å². The van der Waals surface area contributed by atoms with Crippen molar-refractivity contribution in [3.8, 4) is 11.5 Å². The smallest absolute Gasteiger partial charge is 0.344 e. The van der Waals surface area contributed by atoms with Gasteiger partial charge in [0.25, 0.3) is 11.1 Å². The van der Waals surface area contributed by atoms with Gasteiger partial charge in [-0.25, -0.2) is 4.79 Å². The number of amides is 2. The number of carbonyl (C=O) groups is 3. The summed E-state index contributed by atoms with van der Waals surface area (Å²) in [5.74, 6) is -0.416. The van der Waals surface area contributed by atoms with Gasteiger partial charge in [-0.05, 0) is 120 Å². The van der Waals surface area contributed by atoms with Crippen molar-refractivity contribution in [1.29, 1.82) is 0 Å². The van der Waals surface area contributed by atoms with Crippen molar-refractivity contribution in [3.05, 3.63) is 94.8 Å². The van der Waals surface area contributed by atoms with E-state index in [9.17, 15) is 14.4 Å². The van der Waals surface area contributed by atoms with Gasteiger partial charge in [-0.15, -0.1) is 0 Å². The van der Waals surface area contributed by atoms with E-state index in [2.05, 4.69) is 54.5 Å². The number of nitrogens with zero attached hydrogens (tertiary/aromatic N) is 1. The van der Waals surface area contributed by atoms with Crippen molar-refractivity contribution in [1.82, 2.24) is 4.90 Å². The van der Waals surface area contributed by atoms with Gasteiger partial charge >= 0.3 is 5.97 Å². The van der Waals surface area contributed by atoms with Crippen LogP contribution in [0.25, 0.3) is 6.08 Å². The summed E-state index contributed by atoms with van der Waals surface area (Å²) in [6, 6.07) is 17.9. The predicted octanol–water partition coefficient (Wildman–Crippen LogP) is 7.28. The van der Waals surface area contributed by atoms with E-state index in [1.54, 1.807) is 42.5 Å². The zero-order chi connectivity index (χ0) is 25.1. The highest BCUT2D eigenvalue weighted by molar-refractivity contribution is 14.1. The zero-order valence-corrected chi connectivity index (χ0v) is 24.2. The molecule has 0 N–H and O–H groups in total. The highest BCUT2D eigenvalue weighted by atomic mass is 127. The van der Waals surface area contributed by atoms with E-state index >= 15 is 0 Å². The molecule has 1 heterocycles. The molecule has 10 heteroatoms. The number of ether oxygens (including phenoxy) is 2. The van der Waals surface area contributed by atoms with Gasteiger partial charge in [-0.1, -0.05) is 24.3 Å². The van der Waals surface area contributed by atoms with Crippen molar-refractivity contribution in [2.45, 2.75) is 6.54 Å². The number of rotatable bonds is 6. The van der Waals surface area contributed by atoms with E-state index in [0.29, 0.717) is 30.7 Å². The lowest BCUT2D eigenvalue weighted by atomic mass is 10.1. The van der Waals surface area contributed by atoms with Crippen LogP contribution < -0.4 is 9.47 Å². The van der Waals surface area contributed by atoms with Crippen LogP contribution >= 0.6 is 66.2 Å². The summed E-state index contributed by atoms with van der Waals surface area (Å²) in [6.07, 6.45) is 1.62. The van der Waals surface area contributed by atoms with Gasteiger partial charge in [0.2, 0.25) is 0 Å². The highest BCUT2D eigenvalue weighted by Gasteiger charge is 2.35. The third-order valence-electron chi connectivity index (χ3n) is 4.97. The number of thioether (sulfide) groups is 1. The largest absolute Gasteiger partial charge is 0.493 e. The van der Waals surface area contributed by atoms with E-state index in [1.807, 2.05) is 24.3 Å². The van der Waals surface area contributed by atoms with Gasteiger partial charge in [0.05, 0.1) is 28.6 Å². The summed E-state index contributed by atoms with van der Waals surface area (Å²) in [4.78, 5) is 39.6. The van der Waals surface area contributed by atoms with Crippen LogP contribution in [0.1, 0.15) is 21.5 Å². The Morgan fingerprint density at radius 3 is 2.46 bits per heavy atom. The number of imide groups is 1. The third-order valence-corrected chi connectivity index (χ3v) is 7.87. The Morgan fingerprint density at radius 2 is 1.77 bits per heavy atom. The highest BCUT2D eigenvalue weighted by Crippen LogP contribution is 2.40. The fourth-order valence-corrected chi connectivity index (χ4v) is 5.44. The van der Waals surface area contributed by atoms with Gasteiger partial charge < -0.3 is 9.47 Å². The molecule has 6 nitrogen and oxygen atoms in total. The van der Waals surface area contributed by atoms with Crippen LogP contribution in [0.15, 0.2) is 74.5 Å². The Bertz CT molecular complexity index is 1360. The molecule has 1 fully saturated rings. The van der Waals surface area contributed by atoms with Crippen LogP contribution in [-0.4, -0.2) is 29.1 Å². The quantitative estimate of drug-likeness (QED) is 0.115. The van der Waals surface area contributed by atoms with Crippen molar-refractivity contribution in [2.75, 3.05) is 7.11 Å². The molecular formula is C25H16Br2INO5S.